The van der Waals surface area contributed by atoms with Crippen molar-refractivity contribution in [2.75, 3.05) is 0 Å². The van der Waals surface area contributed by atoms with E-state index in [-0.39, 0.29) is 0 Å². The van der Waals surface area contributed by atoms with Gasteiger partial charge in [-0.15, -0.1) is 0 Å². The van der Waals surface area contributed by atoms with Gasteiger partial charge in [0.25, 0.3) is 0 Å². The van der Waals surface area contributed by atoms with Crippen molar-refractivity contribution in [3.8, 4) is 6.07 Å². The van der Waals surface area contributed by atoms with Gasteiger partial charge in [-0.1, -0.05) is 0 Å². The molecular formula is C10H11N3O2. The second-order valence-electron chi connectivity index (χ2n) is 3.10. The molecule has 5 nitrogen and oxygen atoms in total. The van der Waals surface area contributed by atoms with Gasteiger partial charge in [-0.25, -0.2) is 4.98 Å². The first kappa shape index (κ1) is 11.1. The average molecular weight is 205 g/mol. The molecule has 0 fully saturated rings. The van der Waals surface area contributed by atoms with Crippen LogP contribution in [0.15, 0.2) is 18.3 Å². The molecule has 0 bridgehead atoms. The number of aromatic nitrogens is 1. The van der Waals surface area contributed by atoms with Crippen LogP contribution in [0.5, 0.6) is 0 Å². The summed E-state index contributed by atoms with van der Waals surface area (Å²) < 4.78 is 0. The lowest BCUT2D eigenvalue weighted by Crippen LogP contribution is -2.33. The minimum atomic E-state index is -0.899. The summed E-state index contributed by atoms with van der Waals surface area (Å²) in [4.78, 5) is 14.3. The van der Waals surface area contributed by atoms with Crippen LogP contribution in [-0.4, -0.2) is 22.1 Å². The minimum Gasteiger partial charge on any atom is -0.480 e. The predicted molar refractivity (Wildman–Crippen MR) is 52.9 cm³/mol. The maximum atomic E-state index is 10.5. The van der Waals surface area contributed by atoms with Crippen LogP contribution in [-0.2, 0) is 11.3 Å². The molecule has 0 aromatic carbocycles. The molecule has 78 valence electrons. The standard InChI is InChI=1S/C10H11N3O2/c1-7(10(14)15)13-6-8-2-3-12-9(4-8)5-11/h2-4,7,13H,6H2,1H3,(H,14,15). The van der Waals surface area contributed by atoms with Crippen LogP contribution < -0.4 is 5.32 Å². The lowest BCUT2D eigenvalue weighted by molar-refractivity contribution is -0.139. The molecule has 0 saturated heterocycles. The molecule has 0 amide bonds. The van der Waals surface area contributed by atoms with Crippen molar-refractivity contribution < 1.29 is 9.90 Å². The number of nitrogens with zero attached hydrogens (tertiary/aromatic N) is 2. The SMILES string of the molecule is CC(NCc1ccnc(C#N)c1)C(=O)O. The first-order chi connectivity index (χ1) is 7.13. The van der Waals surface area contributed by atoms with Crippen molar-refractivity contribution in [2.45, 2.75) is 19.5 Å². The van der Waals surface area contributed by atoms with Crippen LogP contribution in [0.3, 0.4) is 0 Å². The number of aliphatic carboxylic acids is 1. The zero-order valence-corrected chi connectivity index (χ0v) is 8.27. The summed E-state index contributed by atoms with van der Waals surface area (Å²) in [5.74, 6) is -0.899. The molecule has 0 aliphatic rings. The van der Waals surface area contributed by atoms with Crippen LogP contribution in [0, 0.1) is 11.3 Å². The third-order valence-corrected chi connectivity index (χ3v) is 1.92. The van der Waals surface area contributed by atoms with Gasteiger partial charge in [0.2, 0.25) is 0 Å². The first-order valence-corrected chi connectivity index (χ1v) is 4.44. The monoisotopic (exact) mass is 205 g/mol. The molecule has 1 rings (SSSR count). The van der Waals surface area contributed by atoms with E-state index in [4.69, 9.17) is 10.4 Å². The van der Waals surface area contributed by atoms with Gasteiger partial charge in [0.05, 0.1) is 0 Å². The maximum absolute atomic E-state index is 10.5. The summed E-state index contributed by atoms with van der Waals surface area (Å²) in [6.45, 7) is 1.97. The van der Waals surface area contributed by atoms with E-state index in [2.05, 4.69) is 10.3 Å². The molecule has 0 aliphatic heterocycles. The molecule has 0 spiro atoms. The number of carboxylic acid groups (broad SMARTS) is 1. The Kier molecular flexibility index (Phi) is 3.77. The second-order valence-corrected chi connectivity index (χ2v) is 3.10. The Morgan fingerprint density at radius 3 is 3.13 bits per heavy atom. The Bertz CT molecular complexity index is 398. The summed E-state index contributed by atoms with van der Waals surface area (Å²) in [5.41, 5.74) is 1.17. The van der Waals surface area contributed by atoms with Gasteiger partial charge in [0.15, 0.2) is 0 Å². The zero-order valence-electron chi connectivity index (χ0n) is 8.27. The molecule has 0 radical (unpaired) electrons. The lowest BCUT2D eigenvalue weighted by atomic mass is 10.2. The van der Waals surface area contributed by atoms with Crippen LogP contribution >= 0.6 is 0 Å². The first-order valence-electron chi connectivity index (χ1n) is 4.44. The van der Waals surface area contributed by atoms with Crippen molar-refractivity contribution in [2.24, 2.45) is 0 Å². The highest BCUT2D eigenvalue weighted by molar-refractivity contribution is 5.72. The summed E-state index contributed by atoms with van der Waals surface area (Å²) in [7, 11) is 0. The summed E-state index contributed by atoms with van der Waals surface area (Å²) in [5, 5.41) is 20.0. The Morgan fingerprint density at radius 2 is 2.53 bits per heavy atom. The quantitative estimate of drug-likeness (QED) is 0.748. The van der Waals surface area contributed by atoms with Gasteiger partial charge in [0.1, 0.15) is 17.8 Å². The third-order valence-electron chi connectivity index (χ3n) is 1.92. The molecule has 0 aliphatic carbocycles. The Labute approximate surface area is 87.4 Å². The molecule has 15 heavy (non-hydrogen) atoms. The predicted octanol–water partition coefficient (Wildman–Crippen LogP) is 0.516. The van der Waals surface area contributed by atoms with Gasteiger partial charge >= 0.3 is 5.97 Å². The maximum Gasteiger partial charge on any atom is 0.320 e. The molecule has 1 unspecified atom stereocenters. The van der Waals surface area contributed by atoms with E-state index in [0.29, 0.717) is 12.2 Å². The third kappa shape index (κ3) is 3.37. The van der Waals surface area contributed by atoms with Crippen molar-refractivity contribution in [1.82, 2.24) is 10.3 Å². The Morgan fingerprint density at radius 1 is 1.80 bits per heavy atom. The second kappa shape index (κ2) is 5.08. The average Bonchev–Trinajstić information content (AvgIpc) is 2.26. The zero-order chi connectivity index (χ0) is 11.3. The van der Waals surface area contributed by atoms with E-state index in [1.54, 1.807) is 19.1 Å². The van der Waals surface area contributed by atoms with Gasteiger partial charge in [0, 0.05) is 12.7 Å². The number of rotatable bonds is 4. The highest BCUT2D eigenvalue weighted by atomic mass is 16.4. The van der Waals surface area contributed by atoms with E-state index >= 15 is 0 Å². The number of nitriles is 1. The van der Waals surface area contributed by atoms with Crippen molar-refractivity contribution >= 4 is 5.97 Å². The number of hydrogen-bond acceptors (Lipinski definition) is 4. The molecular weight excluding hydrogens is 194 g/mol. The van der Waals surface area contributed by atoms with Crippen LogP contribution in [0.4, 0.5) is 0 Å². The highest BCUT2D eigenvalue weighted by Gasteiger charge is 2.09. The lowest BCUT2D eigenvalue weighted by Gasteiger charge is -2.08. The van der Waals surface area contributed by atoms with Crippen molar-refractivity contribution in [1.29, 1.82) is 5.26 Å². The van der Waals surface area contributed by atoms with E-state index in [0.717, 1.165) is 5.56 Å². The van der Waals surface area contributed by atoms with Gasteiger partial charge < -0.3 is 10.4 Å². The Hall–Kier alpha value is -1.93. The summed E-state index contributed by atoms with van der Waals surface area (Å²) >= 11 is 0. The minimum absolute atomic E-state index is 0.331. The van der Waals surface area contributed by atoms with E-state index < -0.39 is 12.0 Å². The topological polar surface area (TPSA) is 86.0 Å². The molecule has 5 heteroatoms. The molecule has 1 heterocycles. The molecule has 1 atom stereocenters. The van der Waals surface area contributed by atoms with Crippen LogP contribution in [0.2, 0.25) is 0 Å². The number of hydrogen-bond donors (Lipinski definition) is 2. The number of pyridine rings is 1. The summed E-state index contributed by atoms with van der Waals surface area (Å²) in [6.07, 6.45) is 1.53. The highest BCUT2D eigenvalue weighted by Crippen LogP contribution is 2.00. The largest absolute Gasteiger partial charge is 0.480 e. The number of nitrogens with one attached hydrogen (secondary N) is 1. The molecule has 1 aromatic heterocycles. The van der Waals surface area contributed by atoms with Crippen LogP contribution in [0.25, 0.3) is 0 Å². The van der Waals surface area contributed by atoms with Gasteiger partial charge in [-0.05, 0) is 24.6 Å². The van der Waals surface area contributed by atoms with Crippen molar-refractivity contribution in [3.05, 3.63) is 29.6 Å². The fraction of sp³-hybridized carbons (Fsp3) is 0.300. The van der Waals surface area contributed by atoms with Gasteiger partial charge in [-0.2, -0.15) is 5.26 Å². The normalized spacial score (nSPS) is 11.7. The summed E-state index contributed by atoms with van der Waals surface area (Å²) in [6, 6.07) is 4.68. The molecule has 0 saturated carbocycles. The number of carbonyl (C=O) groups is 1. The smallest absolute Gasteiger partial charge is 0.320 e. The Balaban J connectivity index is 2.58. The van der Waals surface area contributed by atoms with E-state index in [1.807, 2.05) is 6.07 Å². The van der Waals surface area contributed by atoms with E-state index in [1.165, 1.54) is 6.20 Å². The fourth-order valence-electron chi connectivity index (χ4n) is 1.00. The number of carboxylic acids is 1. The molecule has 2 N–H and O–H groups in total. The fourth-order valence-corrected chi connectivity index (χ4v) is 1.00. The van der Waals surface area contributed by atoms with Crippen molar-refractivity contribution in [3.63, 3.8) is 0 Å². The molecule has 1 aromatic rings. The van der Waals surface area contributed by atoms with Crippen LogP contribution in [0.1, 0.15) is 18.2 Å². The van der Waals surface area contributed by atoms with Gasteiger partial charge in [-0.3, -0.25) is 4.79 Å². The van der Waals surface area contributed by atoms with E-state index in [9.17, 15) is 4.79 Å².